The highest BCUT2D eigenvalue weighted by molar-refractivity contribution is 6.30. The van der Waals surface area contributed by atoms with E-state index in [9.17, 15) is 9.59 Å². The van der Waals surface area contributed by atoms with E-state index in [1.807, 2.05) is 20.8 Å². The lowest BCUT2D eigenvalue weighted by Crippen LogP contribution is -2.28. The van der Waals surface area contributed by atoms with Gasteiger partial charge in [0, 0.05) is 34.2 Å². The van der Waals surface area contributed by atoms with E-state index in [2.05, 4.69) is 5.32 Å². The first-order valence-electron chi connectivity index (χ1n) is 9.07. The van der Waals surface area contributed by atoms with E-state index in [4.69, 9.17) is 25.8 Å². The molecule has 2 aromatic rings. The van der Waals surface area contributed by atoms with Crippen molar-refractivity contribution in [1.82, 2.24) is 0 Å². The van der Waals surface area contributed by atoms with Crippen molar-refractivity contribution in [3.8, 4) is 11.5 Å². The van der Waals surface area contributed by atoms with Gasteiger partial charge in [-0.1, -0.05) is 44.5 Å². The van der Waals surface area contributed by atoms with Crippen molar-refractivity contribution < 1.29 is 23.8 Å². The second-order valence-corrected chi connectivity index (χ2v) is 7.94. The van der Waals surface area contributed by atoms with Crippen molar-refractivity contribution in [2.24, 2.45) is 5.41 Å². The lowest BCUT2D eigenvalue weighted by Gasteiger charge is -2.25. The Hall–Kier alpha value is -2.73. The van der Waals surface area contributed by atoms with E-state index in [1.165, 1.54) is 21.1 Å². The van der Waals surface area contributed by atoms with Gasteiger partial charge < -0.3 is 19.5 Å². The zero-order chi connectivity index (χ0) is 21.8. The fourth-order valence-corrected chi connectivity index (χ4v) is 2.93. The number of halogens is 1. The topological polar surface area (TPSA) is 73.9 Å². The molecule has 0 spiro atoms. The molecule has 2 rings (SSSR count). The molecule has 1 amide bonds. The molecule has 0 radical (unpaired) electrons. The molecule has 1 atom stereocenters. The quantitative estimate of drug-likeness (QED) is 0.667. The van der Waals surface area contributed by atoms with Gasteiger partial charge in [-0.15, -0.1) is 0 Å². The third kappa shape index (κ3) is 5.41. The standard InChI is InChI=1S/C22H26ClNO5/c1-13(25)29-19(15-8-7-9-18(27-5)20(15)28-6)16-12-14(23)10-11-17(16)24-21(26)22(2,3)4/h7-12,19H,1-6H3,(H,24,26). The Morgan fingerprint density at radius 3 is 2.28 bits per heavy atom. The monoisotopic (exact) mass is 419 g/mol. The molecule has 0 bridgehead atoms. The van der Waals surface area contributed by atoms with Crippen molar-refractivity contribution in [3.63, 3.8) is 0 Å². The van der Waals surface area contributed by atoms with Gasteiger partial charge in [-0.05, 0) is 24.3 Å². The van der Waals surface area contributed by atoms with E-state index in [-0.39, 0.29) is 5.91 Å². The van der Waals surface area contributed by atoms with Crippen LogP contribution in [0.3, 0.4) is 0 Å². The fraction of sp³-hybridized carbons (Fsp3) is 0.364. The number of hydrogen-bond acceptors (Lipinski definition) is 5. The highest BCUT2D eigenvalue weighted by Gasteiger charge is 2.28. The predicted molar refractivity (Wildman–Crippen MR) is 113 cm³/mol. The fourth-order valence-electron chi connectivity index (χ4n) is 2.75. The summed E-state index contributed by atoms with van der Waals surface area (Å²) in [6.07, 6.45) is -0.869. The lowest BCUT2D eigenvalue weighted by atomic mass is 9.94. The molecule has 2 aromatic carbocycles. The third-order valence-corrected chi connectivity index (χ3v) is 4.46. The van der Waals surface area contributed by atoms with Crippen LogP contribution in [0.5, 0.6) is 11.5 Å². The Kier molecular flexibility index (Phi) is 7.14. The van der Waals surface area contributed by atoms with E-state index >= 15 is 0 Å². The van der Waals surface area contributed by atoms with Gasteiger partial charge in [0.1, 0.15) is 0 Å². The van der Waals surface area contributed by atoms with Crippen LogP contribution in [0.4, 0.5) is 5.69 Å². The summed E-state index contributed by atoms with van der Waals surface area (Å²) >= 11 is 6.23. The van der Waals surface area contributed by atoms with Crippen LogP contribution in [0.1, 0.15) is 44.9 Å². The molecule has 0 saturated heterocycles. The molecule has 0 aliphatic heterocycles. The summed E-state index contributed by atoms with van der Waals surface area (Å²) in [5.74, 6) is 0.243. The summed E-state index contributed by atoms with van der Waals surface area (Å²) in [5, 5.41) is 3.34. The minimum atomic E-state index is -0.869. The molecule has 0 aliphatic rings. The molecule has 156 valence electrons. The molecule has 0 fully saturated rings. The van der Waals surface area contributed by atoms with Gasteiger partial charge in [0.25, 0.3) is 0 Å². The van der Waals surface area contributed by atoms with Crippen LogP contribution in [-0.2, 0) is 14.3 Å². The van der Waals surface area contributed by atoms with Gasteiger partial charge in [0.15, 0.2) is 17.6 Å². The summed E-state index contributed by atoms with van der Waals surface area (Å²) in [5.41, 5.74) is 0.972. The first-order chi connectivity index (χ1) is 13.6. The SMILES string of the molecule is COc1cccc(C(OC(C)=O)c2cc(Cl)ccc2NC(=O)C(C)(C)C)c1OC. The average molecular weight is 420 g/mol. The van der Waals surface area contributed by atoms with Crippen molar-refractivity contribution in [2.45, 2.75) is 33.8 Å². The number of carbonyl (C=O) groups is 2. The first kappa shape index (κ1) is 22.6. The lowest BCUT2D eigenvalue weighted by molar-refractivity contribution is -0.144. The summed E-state index contributed by atoms with van der Waals surface area (Å²) < 4.78 is 16.5. The highest BCUT2D eigenvalue weighted by Crippen LogP contribution is 2.42. The normalized spacial score (nSPS) is 12.1. The second-order valence-electron chi connectivity index (χ2n) is 7.51. The number of benzene rings is 2. The number of carbonyl (C=O) groups excluding carboxylic acids is 2. The number of nitrogens with one attached hydrogen (secondary N) is 1. The largest absolute Gasteiger partial charge is 0.493 e. The van der Waals surface area contributed by atoms with E-state index in [1.54, 1.807) is 36.4 Å². The van der Waals surface area contributed by atoms with Gasteiger partial charge in [0.05, 0.1) is 14.2 Å². The van der Waals surface area contributed by atoms with Crippen molar-refractivity contribution in [1.29, 1.82) is 0 Å². The maximum Gasteiger partial charge on any atom is 0.303 e. The molecule has 0 aliphatic carbocycles. The van der Waals surface area contributed by atoms with Crippen LogP contribution in [-0.4, -0.2) is 26.1 Å². The maximum absolute atomic E-state index is 12.6. The van der Waals surface area contributed by atoms with Crippen molar-refractivity contribution in [3.05, 3.63) is 52.5 Å². The van der Waals surface area contributed by atoms with Crippen LogP contribution in [0.25, 0.3) is 0 Å². The van der Waals surface area contributed by atoms with Gasteiger partial charge in [-0.25, -0.2) is 0 Å². The van der Waals surface area contributed by atoms with Crippen LogP contribution in [0.2, 0.25) is 5.02 Å². The van der Waals surface area contributed by atoms with E-state index in [0.717, 1.165) is 0 Å². The molecular weight excluding hydrogens is 394 g/mol. The van der Waals surface area contributed by atoms with Crippen LogP contribution in [0, 0.1) is 5.41 Å². The zero-order valence-electron chi connectivity index (χ0n) is 17.5. The number of hydrogen-bond donors (Lipinski definition) is 1. The smallest absolute Gasteiger partial charge is 0.303 e. The van der Waals surface area contributed by atoms with Crippen molar-refractivity contribution >= 4 is 29.2 Å². The zero-order valence-corrected chi connectivity index (χ0v) is 18.2. The minimum Gasteiger partial charge on any atom is -0.493 e. The van der Waals surface area contributed by atoms with E-state index in [0.29, 0.717) is 33.3 Å². The Labute approximate surface area is 176 Å². The second kappa shape index (κ2) is 9.18. The number of amides is 1. The molecule has 29 heavy (non-hydrogen) atoms. The Morgan fingerprint density at radius 2 is 1.72 bits per heavy atom. The molecule has 0 heterocycles. The number of ether oxygens (including phenoxy) is 3. The van der Waals surface area contributed by atoms with Gasteiger partial charge in [-0.3, -0.25) is 9.59 Å². The summed E-state index contributed by atoms with van der Waals surface area (Å²) in [7, 11) is 3.03. The molecular formula is C22H26ClNO5. The van der Waals surface area contributed by atoms with Gasteiger partial charge >= 0.3 is 5.97 Å². The van der Waals surface area contributed by atoms with E-state index < -0.39 is 17.5 Å². The average Bonchev–Trinajstić information content (AvgIpc) is 2.65. The number of methoxy groups -OCH3 is 2. The Balaban J connectivity index is 2.67. The molecule has 7 heteroatoms. The summed E-state index contributed by atoms with van der Waals surface area (Å²) in [4.78, 5) is 24.5. The maximum atomic E-state index is 12.6. The first-order valence-corrected chi connectivity index (χ1v) is 9.45. The number of esters is 1. The molecule has 0 aromatic heterocycles. The number of para-hydroxylation sites is 1. The third-order valence-electron chi connectivity index (χ3n) is 4.23. The summed E-state index contributed by atoms with van der Waals surface area (Å²) in [6.45, 7) is 6.75. The van der Waals surface area contributed by atoms with Crippen LogP contribution in [0.15, 0.2) is 36.4 Å². The van der Waals surface area contributed by atoms with Gasteiger partial charge in [-0.2, -0.15) is 0 Å². The Morgan fingerprint density at radius 1 is 1.03 bits per heavy atom. The molecule has 1 N–H and O–H groups in total. The van der Waals surface area contributed by atoms with Crippen LogP contribution < -0.4 is 14.8 Å². The minimum absolute atomic E-state index is 0.180. The number of anilines is 1. The number of rotatable bonds is 6. The van der Waals surface area contributed by atoms with Crippen LogP contribution >= 0.6 is 11.6 Å². The molecule has 0 saturated carbocycles. The predicted octanol–water partition coefficient (Wildman–Crippen LogP) is 4.99. The van der Waals surface area contributed by atoms with Gasteiger partial charge in [0.2, 0.25) is 5.91 Å². The highest BCUT2D eigenvalue weighted by atomic mass is 35.5. The Bertz CT molecular complexity index is 905. The molecule has 1 unspecified atom stereocenters. The van der Waals surface area contributed by atoms with Crippen molar-refractivity contribution in [2.75, 3.05) is 19.5 Å². The molecule has 6 nitrogen and oxygen atoms in total. The summed E-state index contributed by atoms with van der Waals surface area (Å²) in [6, 6.07) is 10.3.